The van der Waals surface area contributed by atoms with Gasteiger partial charge in [0, 0.05) is 41.8 Å². The number of rotatable bonds is 4. The summed E-state index contributed by atoms with van der Waals surface area (Å²) in [7, 11) is 0. The molecule has 0 atom stereocenters. The van der Waals surface area contributed by atoms with Gasteiger partial charge in [-0.1, -0.05) is 24.3 Å². The summed E-state index contributed by atoms with van der Waals surface area (Å²) in [6, 6.07) is 23.6. The third-order valence-electron chi connectivity index (χ3n) is 5.20. The monoisotopic (exact) mass is 419 g/mol. The van der Waals surface area contributed by atoms with Gasteiger partial charge in [-0.25, -0.2) is 4.98 Å². The van der Waals surface area contributed by atoms with Crippen LogP contribution in [0.2, 0.25) is 0 Å². The lowest BCUT2D eigenvalue weighted by atomic mass is 10.0. The molecule has 0 saturated carbocycles. The predicted molar refractivity (Wildman–Crippen MR) is 126 cm³/mol. The highest BCUT2D eigenvalue weighted by atomic mass is 16.1. The number of benzene rings is 1. The fraction of sp³-hybridized carbons (Fsp3) is 0.0769. The molecule has 0 saturated heterocycles. The Bertz CT molecular complexity index is 1440. The molecule has 5 rings (SSSR count). The second-order valence-electron chi connectivity index (χ2n) is 7.59. The van der Waals surface area contributed by atoms with E-state index in [1.807, 2.05) is 86.0 Å². The molecule has 0 spiro atoms. The molecule has 0 radical (unpaired) electrons. The minimum atomic E-state index is -0.0947. The average molecular weight is 419 g/mol. The van der Waals surface area contributed by atoms with E-state index >= 15 is 0 Å². The third kappa shape index (κ3) is 3.74. The van der Waals surface area contributed by atoms with Crippen molar-refractivity contribution in [3.63, 3.8) is 0 Å². The predicted octanol–water partition coefficient (Wildman–Crippen LogP) is 5.39. The Hall–Kier alpha value is -4.32. The van der Waals surface area contributed by atoms with Gasteiger partial charge >= 0.3 is 0 Å². The van der Waals surface area contributed by atoms with Gasteiger partial charge in [0.25, 0.3) is 0 Å². The Morgan fingerprint density at radius 2 is 1.72 bits per heavy atom. The van der Waals surface area contributed by atoms with E-state index in [0.717, 1.165) is 50.9 Å². The van der Waals surface area contributed by atoms with Crippen molar-refractivity contribution >= 4 is 17.2 Å². The number of hydrogen-bond acceptors (Lipinski definition) is 4. The van der Waals surface area contributed by atoms with E-state index in [4.69, 9.17) is 9.97 Å². The first-order valence-electron chi connectivity index (χ1n) is 10.3. The minimum absolute atomic E-state index is 0.0947. The van der Waals surface area contributed by atoms with Crippen LogP contribution in [0.1, 0.15) is 12.6 Å². The Kier molecular flexibility index (Phi) is 4.95. The zero-order valence-corrected chi connectivity index (χ0v) is 17.8. The summed E-state index contributed by atoms with van der Waals surface area (Å²) in [5.74, 6) is -0.0947. The maximum absolute atomic E-state index is 11.3. The van der Waals surface area contributed by atoms with E-state index < -0.39 is 0 Å². The number of hydrogen-bond donors (Lipinski definition) is 1. The first-order valence-corrected chi connectivity index (χ1v) is 10.3. The van der Waals surface area contributed by atoms with Gasteiger partial charge in [0.05, 0.1) is 17.1 Å². The topological polar surface area (TPSA) is 72.2 Å². The Morgan fingerprint density at radius 1 is 0.875 bits per heavy atom. The number of imidazole rings is 1. The van der Waals surface area contributed by atoms with Crippen molar-refractivity contribution < 1.29 is 4.79 Å². The Morgan fingerprint density at radius 3 is 2.50 bits per heavy atom. The lowest BCUT2D eigenvalue weighted by Crippen LogP contribution is -2.05. The zero-order valence-electron chi connectivity index (χ0n) is 17.8. The normalized spacial score (nSPS) is 10.9. The van der Waals surface area contributed by atoms with Crippen LogP contribution in [-0.4, -0.2) is 25.3 Å². The molecule has 0 bridgehead atoms. The van der Waals surface area contributed by atoms with E-state index in [0.29, 0.717) is 0 Å². The summed E-state index contributed by atoms with van der Waals surface area (Å²) in [5, 5.41) is 2.79. The smallest absolute Gasteiger partial charge is 0.221 e. The molecule has 4 aromatic heterocycles. The minimum Gasteiger partial charge on any atom is -0.326 e. The summed E-state index contributed by atoms with van der Waals surface area (Å²) in [6.45, 7) is 3.48. The van der Waals surface area contributed by atoms with Crippen LogP contribution in [0, 0.1) is 6.92 Å². The molecule has 0 unspecified atom stereocenters. The van der Waals surface area contributed by atoms with Gasteiger partial charge in [0.15, 0.2) is 0 Å². The molecule has 6 heteroatoms. The first kappa shape index (κ1) is 19.6. The second kappa shape index (κ2) is 8.07. The van der Waals surface area contributed by atoms with Crippen LogP contribution in [0.5, 0.6) is 0 Å². The molecular weight excluding hydrogens is 398 g/mol. The summed E-state index contributed by atoms with van der Waals surface area (Å²) < 4.78 is 2.08. The number of nitrogens with one attached hydrogen (secondary N) is 1. The van der Waals surface area contributed by atoms with E-state index in [-0.39, 0.29) is 5.91 Å². The number of pyridine rings is 3. The van der Waals surface area contributed by atoms with Gasteiger partial charge in [-0.15, -0.1) is 0 Å². The van der Waals surface area contributed by atoms with E-state index in [1.165, 1.54) is 6.92 Å². The third-order valence-corrected chi connectivity index (χ3v) is 5.20. The quantitative estimate of drug-likeness (QED) is 0.424. The van der Waals surface area contributed by atoms with Crippen molar-refractivity contribution in [2.24, 2.45) is 0 Å². The standard InChI is InChI=1S/C26H21N5O/c1-17-6-5-7-22(28-17)25-26(31-15-4-3-8-24(31)30-25)20-13-14-27-23(16-20)19-9-11-21(12-10-19)29-18(2)32/h3-16H,1-2H3,(H,29,32). The molecule has 0 aliphatic rings. The summed E-state index contributed by atoms with van der Waals surface area (Å²) in [6.07, 6.45) is 3.82. The SMILES string of the molecule is CC(=O)Nc1ccc(-c2cc(-c3c(-c4cccc(C)n4)nc4ccccn34)ccn2)cc1. The lowest BCUT2D eigenvalue weighted by molar-refractivity contribution is -0.114. The number of nitrogens with zero attached hydrogens (tertiary/aromatic N) is 4. The Balaban J connectivity index is 1.63. The van der Waals surface area contributed by atoms with Crippen molar-refractivity contribution in [1.29, 1.82) is 0 Å². The van der Waals surface area contributed by atoms with E-state index in [1.54, 1.807) is 0 Å². The maximum atomic E-state index is 11.3. The summed E-state index contributed by atoms with van der Waals surface area (Å²) >= 11 is 0. The van der Waals surface area contributed by atoms with Crippen molar-refractivity contribution in [2.75, 3.05) is 5.32 Å². The van der Waals surface area contributed by atoms with E-state index in [2.05, 4.69) is 20.8 Å². The molecule has 0 aliphatic carbocycles. The van der Waals surface area contributed by atoms with Crippen molar-refractivity contribution in [3.05, 3.63) is 90.9 Å². The number of anilines is 1. The highest BCUT2D eigenvalue weighted by Crippen LogP contribution is 2.33. The Labute approximate surface area is 185 Å². The molecule has 156 valence electrons. The van der Waals surface area contributed by atoms with Crippen LogP contribution in [0.15, 0.2) is 85.2 Å². The second-order valence-corrected chi connectivity index (χ2v) is 7.59. The largest absolute Gasteiger partial charge is 0.326 e. The van der Waals surface area contributed by atoms with Gasteiger partial charge < -0.3 is 5.32 Å². The van der Waals surface area contributed by atoms with Gasteiger partial charge in [0.1, 0.15) is 11.3 Å². The number of carbonyl (C=O) groups excluding carboxylic acids is 1. The summed E-state index contributed by atoms with van der Waals surface area (Å²) in [4.78, 5) is 25.5. The van der Waals surface area contributed by atoms with Gasteiger partial charge in [0.2, 0.25) is 5.91 Å². The number of amides is 1. The van der Waals surface area contributed by atoms with Crippen LogP contribution in [-0.2, 0) is 4.79 Å². The highest BCUT2D eigenvalue weighted by molar-refractivity contribution is 5.89. The molecule has 0 aliphatic heterocycles. The fourth-order valence-corrected chi connectivity index (χ4v) is 3.79. The van der Waals surface area contributed by atoms with Gasteiger partial charge in [-0.05, 0) is 55.5 Å². The zero-order chi connectivity index (χ0) is 22.1. The van der Waals surface area contributed by atoms with Crippen LogP contribution < -0.4 is 5.32 Å². The van der Waals surface area contributed by atoms with Crippen LogP contribution >= 0.6 is 0 Å². The van der Waals surface area contributed by atoms with Gasteiger partial charge in [-0.2, -0.15) is 0 Å². The van der Waals surface area contributed by atoms with E-state index in [9.17, 15) is 4.79 Å². The molecule has 1 aromatic carbocycles. The van der Waals surface area contributed by atoms with Gasteiger partial charge in [-0.3, -0.25) is 19.2 Å². The fourth-order valence-electron chi connectivity index (χ4n) is 3.79. The lowest BCUT2D eigenvalue weighted by Gasteiger charge is -2.09. The molecule has 1 amide bonds. The molecule has 0 fully saturated rings. The molecule has 1 N–H and O–H groups in total. The maximum Gasteiger partial charge on any atom is 0.221 e. The average Bonchev–Trinajstić information content (AvgIpc) is 3.19. The highest BCUT2D eigenvalue weighted by Gasteiger charge is 2.17. The number of aryl methyl sites for hydroxylation is 1. The van der Waals surface area contributed by atoms with Crippen LogP contribution in [0.3, 0.4) is 0 Å². The molecular formula is C26H21N5O. The number of carbonyl (C=O) groups is 1. The van der Waals surface area contributed by atoms with Crippen LogP contribution in [0.25, 0.3) is 39.5 Å². The first-order chi connectivity index (χ1) is 15.6. The number of fused-ring (bicyclic) bond motifs is 1. The molecule has 6 nitrogen and oxygen atoms in total. The molecule has 4 heterocycles. The molecule has 5 aromatic rings. The summed E-state index contributed by atoms with van der Waals surface area (Å²) in [5.41, 5.74) is 8.00. The van der Waals surface area contributed by atoms with Crippen molar-refractivity contribution in [1.82, 2.24) is 19.4 Å². The van der Waals surface area contributed by atoms with Crippen molar-refractivity contribution in [2.45, 2.75) is 13.8 Å². The molecule has 32 heavy (non-hydrogen) atoms. The van der Waals surface area contributed by atoms with Crippen LogP contribution in [0.4, 0.5) is 5.69 Å². The number of aromatic nitrogens is 4. The van der Waals surface area contributed by atoms with Crippen molar-refractivity contribution in [3.8, 4) is 33.9 Å².